The van der Waals surface area contributed by atoms with Crippen LogP contribution in [0.1, 0.15) is 37.1 Å². The van der Waals surface area contributed by atoms with Crippen molar-refractivity contribution in [2.75, 3.05) is 50.5 Å². The number of hydrogen-bond donors (Lipinski definition) is 2. The van der Waals surface area contributed by atoms with Crippen molar-refractivity contribution in [2.45, 2.75) is 44.7 Å². The highest BCUT2D eigenvalue weighted by atomic mass is 32.2. The highest BCUT2D eigenvalue weighted by Gasteiger charge is 2.28. The predicted octanol–water partition coefficient (Wildman–Crippen LogP) is 2.35. The van der Waals surface area contributed by atoms with E-state index in [2.05, 4.69) is 25.0 Å². The van der Waals surface area contributed by atoms with Gasteiger partial charge in [-0.1, -0.05) is 25.6 Å². The number of rotatable bonds is 6. The fourth-order valence-corrected chi connectivity index (χ4v) is 6.66. The SMILES string of the molecule is CSc1nc(N2CC[NH+](CCO)CC2)c2sc3nc(CC(C)C)c4c(c3c2n1)CCC4. The Bertz CT molecular complexity index is 1100. The first-order chi connectivity index (χ1) is 15.1. The zero-order valence-corrected chi connectivity index (χ0v) is 20.3. The number of thioether (sulfide) groups is 1. The van der Waals surface area contributed by atoms with Crippen LogP contribution < -0.4 is 9.80 Å². The number of quaternary nitrogens is 1. The summed E-state index contributed by atoms with van der Waals surface area (Å²) < 4.78 is 1.20. The molecule has 0 spiro atoms. The molecule has 0 bridgehead atoms. The molecule has 0 atom stereocenters. The first kappa shape index (κ1) is 21.4. The number of nitrogens with zero attached hydrogens (tertiary/aromatic N) is 4. The average molecular weight is 459 g/mol. The van der Waals surface area contributed by atoms with Crippen LogP contribution in [0, 0.1) is 5.92 Å². The summed E-state index contributed by atoms with van der Waals surface area (Å²) in [7, 11) is 0. The van der Waals surface area contributed by atoms with Gasteiger partial charge in [0.2, 0.25) is 0 Å². The lowest BCUT2D eigenvalue weighted by molar-refractivity contribution is -0.900. The lowest BCUT2D eigenvalue weighted by Crippen LogP contribution is -3.15. The Morgan fingerprint density at radius 3 is 2.61 bits per heavy atom. The summed E-state index contributed by atoms with van der Waals surface area (Å²) in [4.78, 5) is 20.2. The van der Waals surface area contributed by atoms with Gasteiger partial charge in [0.15, 0.2) is 11.0 Å². The molecule has 3 aromatic rings. The fourth-order valence-electron chi connectivity index (χ4n) is 5.11. The van der Waals surface area contributed by atoms with Gasteiger partial charge in [-0.3, -0.25) is 0 Å². The molecule has 1 fully saturated rings. The Kier molecular flexibility index (Phi) is 6.07. The van der Waals surface area contributed by atoms with Crippen molar-refractivity contribution in [1.82, 2.24) is 15.0 Å². The van der Waals surface area contributed by atoms with E-state index in [1.54, 1.807) is 23.1 Å². The minimum Gasteiger partial charge on any atom is -0.391 e. The van der Waals surface area contributed by atoms with Gasteiger partial charge in [0.25, 0.3) is 0 Å². The van der Waals surface area contributed by atoms with Gasteiger partial charge in [-0.05, 0) is 49.0 Å². The molecule has 6 nitrogen and oxygen atoms in total. The Morgan fingerprint density at radius 2 is 1.90 bits per heavy atom. The van der Waals surface area contributed by atoms with Gasteiger partial charge in [0.1, 0.15) is 11.4 Å². The molecule has 0 radical (unpaired) electrons. The quantitative estimate of drug-likeness (QED) is 0.437. The molecule has 1 aliphatic heterocycles. The number of aliphatic hydroxyl groups excluding tert-OH is 1. The summed E-state index contributed by atoms with van der Waals surface area (Å²) in [5.41, 5.74) is 5.41. The smallest absolute Gasteiger partial charge is 0.189 e. The molecule has 0 unspecified atom stereocenters. The number of piperazine rings is 1. The number of aliphatic hydroxyl groups is 1. The van der Waals surface area contributed by atoms with E-state index in [4.69, 9.17) is 15.0 Å². The van der Waals surface area contributed by atoms with Crippen LogP contribution in [-0.4, -0.2) is 65.6 Å². The predicted molar refractivity (Wildman–Crippen MR) is 130 cm³/mol. The minimum atomic E-state index is 0.259. The van der Waals surface area contributed by atoms with Crippen molar-refractivity contribution in [1.29, 1.82) is 0 Å². The number of hydrogen-bond acceptors (Lipinski definition) is 7. The van der Waals surface area contributed by atoms with E-state index in [0.29, 0.717) is 5.92 Å². The number of pyridine rings is 1. The monoisotopic (exact) mass is 458 g/mol. The maximum absolute atomic E-state index is 9.28. The summed E-state index contributed by atoms with van der Waals surface area (Å²) in [6.45, 7) is 9.67. The Balaban J connectivity index is 1.65. The van der Waals surface area contributed by atoms with Gasteiger partial charge in [0, 0.05) is 11.1 Å². The van der Waals surface area contributed by atoms with Crippen LogP contribution >= 0.6 is 23.1 Å². The first-order valence-corrected chi connectivity index (χ1v) is 13.5. The second-order valence-corrected chi connectivity index (χ2v) is 10.9. The fraction of sp³-hybridized carbons (Fsp3) is 0.609. The third-order valence-electron chi connectivity index (χ3n) is 6.60. The van der Waals surface area contributed by atoms with E-state index in [0.717, 1.165) is 73.3 Å². The number of nitrogens with one attached hydrogen (secondary N) is 1. The molecular formula is C23H32N5OS2+. The van der Waals surface area contributed by atoms with Crippen molar-refractivity contribution in [3.05, 3.63) is 16.8 Å². The molecule has 4 heterocycles. The molecule has 0 amide bonds. The molecule has 1 aliphatic carbocycles. The maximum Gasteiger partial charge on any atom is 0.189 e. The van der Waals surface area contributed by atoms with E-state index >= 15 is 0 Å². The third-order valence-corrected chi connectivity index (χ3v) is 8.22. The van der Waals surface area contributed by atoms with Crippen LogP contribution in [0.3, 0.4) is 0 Å². The largest absolute Gasteiger partial charge is 0.391 e. The molecular weight excluding hydrogens is 426 g/mol. The van der Waals surface area contributed by atoms with E-state index < -0.39 is 0 Å². The lowest BCUT2D eigenvalue weighted by Gasteiger charge is -2.32. The Morgan fingerprint density at radius 1 is 1.13 bits per heavy atom. The molecule has 8 heteroatoms. The average Bonchev–Trinajstić information content (AvgIpc) is 3.38. The Hall–Kier alpha value is -1.48. The summed E-state index contributed by atoms with van der Waals surface area (Å²) in [6.07, 6.45) is 6.63. The number of thiophene rings is 1. The van der Waals surface area contributed by atoms with Gasteiger partial charge in [-0.2, -0.15) is 0 Å². The van der Waals surface area contributed by atoms with Crippen LogP contribution in [0.15, 0.2) is 5.16 Å². The first-order valence-electron chi connectivity index (χ1n) is 11.5. The van der Waals surface area contributed by atoms with Crippen LogP contribution in [0.5, 0.6) is 0 Å². The number of fused-ring (bicyclic) bond motifs is 5. The van der Waals surface area contributed by atoms with Crippen molar-refractivity contribution in [3.63, 3.8) is 0 Å². The van der Waals surface area contributed by atoms with Crippen molar-refractivity contribution in [2.24, 2.45) is 5.92 Å². The molecule has 3 aromatic heterocycles. The van der Waals surface area contributed by atoms with Crippen LogP contribution in [0.2, 0.25) is 0 Å². The van der Waals surface area contributed by atoms with Gasteiger partial charge in [0.05, 0.1) is 43.0 Å². The molecule has 166 valence electrons. The highest BCUT2D eigenvalue weighted by Crippen LogP contribution is 2.43. The summed E-state index contributed by atoms with van der Waals surface area (Å²) in [6, 6.07) is 0. The number of aromatic nitrogens is 3. The van der Waals surface area contributed by atoms with Crippen molar-refractivity contribution < 1.29 is 10.0 Å². The zero-order valence-electron chi connectivity index (χ0n) is 18.7. The maximum atomic E-state index is 9.28. The van der Waals surface area contributed by atoms with E-state index in [9.17, 15) is 5.11 Å². The van der Waals surface area contributed by atoms with Gasteiger partial charge >= 0.3 is 0 Å². The molecule has 2 aliphatic rings. The molecule has 0 aromatic carbocycles. The van der Waals surface area contributed by atoms with Crippen LogP contribution in [-0.2, 0) is 19.3 Å². The second-order valence-electron chi connectivity index (χ2n) is 9.17. The third kappa shape index (κ3) is 3.92. The zero-order chi connectivity index (χ0) is 21.5. The molecule has 1 saturated heterocycles. The van der Waals surface area contributed by atoms with E-state index in [-0.39, 0.29) is 6.61 Å². The van der Waals surface area contributed by atoms with Crippen molar-refractivity contribution >= 4 is 49.3 Å². The minimum absolute atomic E-state index is 0.259. The standard InChI is InChI=1S/C23H31N5OS2/c1-14(2)13-17-15-5-4-6-16(15)18-19-20(31-22(18)24-17)21(26-23(25-19)30-3)28-9-7-27(8-10-28)11-12-29/h14,29H,4-13H2,1-3H3/p+1. The summed E-state index contributed by atoms with van der Waals surface area (Å²) in [5.74, 6) is 1.69. The van der Waals surface area contributed by atoms with Gasteiger partial charge in [-0.25, -0.2) is 15.0 Å². The van der Waals surface area contributed by atoms with E-state index in [1.165, 1.54) is 38.2 Å². The topological polar surface area (TPSA) is 66.6 Å². The molecule has 2 N–H and O–H groups in total. The van der Waals surface area contributed by atoms with Crippen LogP contribution in [0.4, 0.5) is 5.82 Å². The number of anilines is 1. The van der Waals surface area contributed by atoms with E-state index in [1.807, 2.05) is 0 Å². The Labute approximate surface area is 192 Å². The lowest BCUT2D eigenvalue weighted by atomic mass is 9.99. The molecule has 31 heavy (non-hydrogen) atoms. The summed E-state index contributed by atoms with van der Waals surface area (Å²) in [5, 5.41) is 11.4. The molecule has 0 saturated carbocycles. The second kappa shape index (κ2) is 8.81. The highest BCUT2D eigenvalue weighted by molar-refractivity contribution is 7.98. The van der Waals surface area contributed by atoms with Gasteiger partial charge < -0.3 is 14.9 Å². The van der Waals surface area contributed by atoms with Crippen molar-refractivity contribution in [3.8, 4) is 0 Å². The summed E-state index contributed by atoms with van der Waals surface area (Å²) >= 11 is 3.41. The van der Waals surface area contributed by atoms with Gasteiger partial charge in [-0.15, -0.1) is 11.3 Å². The normalized spacial score (nSPS) is 17.4. The number of aryl methyl sites for hydroxylation is 1. The van der Waals surface area contributed by atoms with Crippen LogP contribution in [0.25, 0.3) is 20.4 Å². The molecule has 5 rings (SSSR count).